The Balaban J connectivity index is 2.24. The molecule has 0 aliphatic carbocycles. The van der Waals surface area contributed by atoms with Crippen molar-refractivity contribution >= 4 is 109 Å². The van der Waals surface area contributed by atoms with Gasteiger partial charge >= 0.3 is 17.9 Å². The monoisotopic (exact) mass is 1000 g/mol. The summed E-state index contributed by atoms with van der Waals surface area (Å²) in [6.45, 7) is 10.4. The number of anilines is 2. The molecule has 0 N–H and O–H groups in total. The minimum Gasteiger partial charge on any atom is -0.466 e. The first kappa shape index (κ1) is 40.0. The number of benzene rings is 1. The minimum absolute atomic E-state index is 0.00138. The van der Waals surface area contributed by atoms with Crippen LogP contribution in [0.1, 0.15) is 54.0 Å². The van der Waals surface area contributed by atoms with Crippen LogP contribution in [0, 0.1) is 10.7 Å². The van der Waals surface area contributed by atoms with Gasteiger partial charge in [-0.25, -0.2) is 0 Å². The number of carbonyl (C=O) groups excluding carboxylic acids is 5. The van der Waals surface area contributed by atoms with Crippen molar-refractivity contribution in [3.05, 3.63) is 16.3 Å². The number of hydrogen-bond acceptors (Lipinski definition) is 12. The molecule has 2 fully saturated rings. The van der Waals surface area contributed by atoms with Crippen LogP contribution in [0.15, 0.2) is 0 Å². The molecule has 17 heteroatoms. The van der Waals surface area contributed by atoms with Crippen molar-refractivity contribution in [1.82, 2.24) is 0 Å². The van der Waals surface area contributed by atoms with Gasteiger partial charge in [0.1, 0.15) is 13.2 Å². The van der Waals surface area contributed by atoms with E-state index < -0.39 is 53.5 Å². The molecule has 14 nitrogen and oxygen atoms in total. The number of ether oxygens (including phenoxy) is 7. The molecule has 0 bridgehead atoms. The third kappa shape index (κ3) is 10.8. The largest absolute Gasteiger partial charge is 0.466 e. The maximum Gasteiger partial charge on any atom is 0.302 e. The lowest BCUT2D eigenvalue weighted by atomic mass is 10.1. The molecule has 47 heavy (non-hydrogen) atoms. The lowest BCUT2D eigenvalue weighted by Crippen LogP contribution is -2.46. The van der Waals surface area contributed by atoms with Gasteiger partial charge < -0.3 is 43.0 Å². The van der Waals surface area contributed by atoms with E-state index in [1.807, 2.05) is 0 Å². The molecule has 2 aliphatic heterocycles. The van der Waals surface area contributed by atoms with Crippen LogP contribution >= 0.6 is 67.8 Å². The molecule has 0 radical (unpaired) electrons. The topological polar surface area (TPSA) is 156 Å². The van der Waals surface area contributed by atoms with Crippen LogP contribution in [0.4, 0.5) is 11.4 Å². The van der Waals surface area contributed by atoms with E-state index in [4.69, 9.17) is 33.2 Å². The Hall–Kier alpha value is -1.40. The molecule has 262 valence electrons. The zero-order chi connectivity index (χ0) is 35.3. The van der Waals surface area contributed by atoms with Gasteiger partial charge in [0.15, 0.2) is 23.8 Å². The van der Waals surface area contributed by atoms with Crippen molar-refractivity contribution < 1.29 is 57.1 Å². The van der Waals surface area contributed by atoms with Gasteiger partial charge in [-0.2, -0.15) is 0 Å². The van der Waals surface area contributed by atoms with E-state index in [1.165, 1.54) is 30.6 Å². The van der Waals surface area contributed by atoms with Gasteiger partial charge in [-0.15, -0.1) is 0 Å². The molecule has 1 aromatic carbocycles. The Morgan fingerprint density at radius 2 is 1.02 bits per heavy atom. The van der Waals surface area contributed by atoms with Crippen LogP contribution in [0.2, 0.25) is 0 Å². The summed E-state index contributed by atoms with van der Waals surface area (Å²) in [5, 5.41) is 0. The van der Waals surface area contributed by atoms with Crippen LogP contribution in [0.5, 0.6) is 0 Å². The maximum atomic E-state index is 14.2. The van der Waals surface area contributed by atoms with E-state index >= 15 is 0 Å². The minimum atomic E-state index is -0.994. The van der Waals surface area contributed by atoms with Gasteiger partial charge in [0.2, 0.25) is 0 Å². The smallest absolute Gasteiger partial charge is 0.302 e. The summed E-state index contributed by atoms with van der Waals surface area (Å²) in [6.07, 6.45) is -1.68. The lowest BCUT2D eigenvalue weighted by molar-refractivity contribution is -0.152. The Morgan fingerprint density at radius 3 is 1.34 bits per heavy atom. The van der Waals surface area contributed by atoms with E-state index in [1.54, 1.807) is 27.7 Å². The molecule has 0 spiro atoms. The Labute approximate surface area is 314 Å². The van der Waals surface area contributed by atoms with Gasteiger partial charge in [0.25, 0.3) is 11.8 Å². The highest BCUT2D eigenvalue weighted by Crippen LogP contribution is 2.44. The Bertz CT molecular complexity index is 1300. The molecule has 2 saturated heterocycles. The molecular weight excluding hydrogens is 961 g/mol. The molecule has 2 aliphatic rings. The van der Waals surface area contributed by atoms with Gasteiger partial charge in [-0.05, 0) is 101 Å². The number of carbonyl (C=O) groups is 5. The van der Waals surface area contributed by atoms with Crippen LogP contribution in [0.25, 0.3) is 0 Å². The molecule has 3 rings (SSSR count). The normalized spacial score (nSPS) is 19.6. The van der Waals surface area contributed by atoms with Crippen molar-refractivity contribution in [2.75, 3.05) is 55.9 Å². The third-order valence-corrected chi connectivity index (χ3v) is 10.2. The first-order chi connectivity index (χ1) is 21.8. The fourth-order valence-corrected chi connectivity index (χ4v) is 9.74. The highest BCUT2D eigenvalue weighted by molar-refractivity contribution is 14.1. The van der Waals surface area contributed by atoms with Crippen molar-refractivity contribution in [3.63, 3.8) is 0 Å². The number of amides is 2. The van der Waals surface area contributed by atoms with E-state index in [-0.39, 0.29) is 52.5 Å². The zero-order valence-electron chi connectivity index (χ0n) is 27.2. The summed E-state index contributed by atoms with van der Waals surface area (Å²) in [5.74, 6) is -4.36. The fraction of sp³-hybridized carbons (Fsp3) is 0.633. The first-order valence-electron chi connectivity index (χ1n) is 14.7. The molecule has 0 aromatic heterocycles. The highest BCUT2D eigenvalue weighted by Gasteiger charge is 2.43. The summed E-state index contributed by atoms with van der Waals surface area (Å²) >= 11 is 6.34. The summed E-state index contributed by atoms with van der Waals surface area (Å²) in [5.41, 5.74) is 1.56. The SMILES string of the molecule is CC(=O)OCCc1c(I)c(N(CCOC(C)=O)C(=O)C2COC(C)(C)O2)c(I)c(N(CCOC(C)=O)C(=O)C2COC(C)(C)O2)c1I. The van der Waals surface area contributed by atoms with E-state index in [0.29, 0.717) is 27.6 Å². The Kier molecular flexibility index (Phi) is 14.5. The van der Waals surface area contributed by atoms with Gasteiger partial charge in [0, 0.05) is 34.3 Å². The van der Waals surface area contributed by atoms with Crippen LogP contribution in [-0.2, 0) is 63.6 Å². The fourth-order valence-electron chi connectivity index (χ4n) is 4.87. The van der Waals surface area contributed by atoms with Gasteiger partial charge in [-0.1, -0.05) is 0 Å². The van der Waals surface area contributed by atoms with Crippen LogP contribution in [0.3, 0.4) is 0 Å². The predicted octanol–water partition coefficient (Wildman–Crippen LogP) is 3.70. The second-order valence-electron chi connectivity index (χ2n) is 11.5. The first-order valence-corrected chi connectivity index (χ1v) is 17.9. The van der Waals surface area contributed by atoms with Gasteiger partial charge in [-0.3, -0.25) is 24.0 Å². The number of esters is 3. The van der Waals surface area contributed by atoms with Gasteiger partial charge in [0.05, 0.1) is 47.9 Å². The molecule has 0 saturated carbocycles. The Morgan fingerprint density at radius 1 is 0.660 bits per heavy atom. The molecule has 1 aromatic rings. The number of nitrogens with zero attached hydrogens (tertiary/aromatic N) is 2. The van der Waals surface area contributed by atoms with Crippen LogP contribution in [-0.4, -0.2) is 99.6 Å². The standard InChI is InChI=1S/C30H39I3N2O12/c1-16(36)41-11-8-19-22(31)25(34(9-12-42-17(2)37)27(39)20-14-44-29(4,5)46-20)24(33)26(23(19)32)35(10-13-43-18(3)38)28(40)21-15-45-30(6,7)47-21/h20-21H,8-15H2,1-7H3. The summed E-state index contributed by atoms with van der Waals surface area (Å²) in [7, 11) is 0. The maximum absolute atomic E-state index is 14.2. The average molecular weight is 1000 g/mol. The average Bonchev–Trinajstić information content (AvgIpc) is 3.52. The number of halogens is 3. The van der Waals surface area contributed by atoms with Crippen molar-refractivity contribution in [1.29, 1.82) is 0 Å². The second kappa shape index (κ2) is 17.0. The molecular formula is C30H39I3N2O12. The van der Waals surface area contributed by atoms with Crippen molar-refractivity contribution in [3.8, 4) is 0 Å². The third-order valence-electron chi connectivity index (χ3n) is 6.90. The summed E-state index contributed by atoms with van der Waals surface area (Å²) < 4.78 is 40.8. The summed E-state index contributed by atoms with van der Waals surface area (Å²) in [4.78, 5) is 66.4. The molecule has 2 atom stereocenters. The second-order valence-corrected chi connectivity index (χ2v) is 14.7. The van der Waals surface area contributed by atoms with Crippen molar-refractivity contribution in [2.24, 2.45) is 0 Å². The molecule has 2 unspecified atom stereocenters. The van der Waals surface area contributed by atoms with E-state index in [2.05, 4.69) is 67.8 Å². The van der Waals surface area contributed by atoms with Crippen molar-refractivity contribution in [2.45, 2.75) is 78.7 Å². The predicted molar refractivity (Wildman–Crippen MR) is 193 cm³/mol. The number of rotatable bonds is 13. The molecule has 2 amide bonds. The summed E-state index contributed by atoms with van der Waals surface area (Å²) in [6, 6.07) is 0. The quantitative estimate of drug-likeness (QED) is 0.161. The van der Waals surface area contributed by atoms with Crippen LogP contribution < -0.4 is 9.80 Å². The highest BCUT2D eigenvalue weighted by atomic mass is 127. The lowest BCUT2D eigenvalue weighted by Gasteiger charge is -2.33. The zero-order valence-corrected chi connectivity index (χ0v) is 33.7. The van der Waals surface area contributed by atoms with E-state index in [0.717, 1.165) is 0 Å². The number of hydrogen-bond donors (Lipinski definition) is 0. The van der Waals surface area contributed by atoms with E-state index in [9.17, 15) is 24.0 Å². The molecule has 2 heterocycles.